The number of hydrogen-bond donors (Lipinski definition) is 1. The van der Waals surface area contributed by atoms with Crippen molar-refractivity contribution in [3.05, 3.63) is 72.6 Å². The predicted octanol–water partition coefficient (Wildman–Crippen LogP) is 4.05. The van der Waals surface area contributed by atoms with E-state index < -0.39 is 0 Å². The molecule has 1 aromatic heterocycles. The fourth-order valence-corrected chi connectivity index (χ4v) is 2.90. The quantitative estimate of drug-likeness (QED) is 0.757. The molecule has 130 valence electrons. The van der Waals surface area contributed by atoms with Gasteiger partial charge >= 0.3 is 0 Å². The van der Waals surface area contributed by atoms with Gasteiger partial charge in [-0.3, -0.25) is 9.78 Å². The second-order valence-electron chi connectivity index (χ2n) is 5.99. The molecule has 0 unspecified atom stereocenters. The van der Waals surface area contributed by atoms with E-state index in [-0.39, 0.29) is 12.3 Å². The number of para-hydroxylation sites is 1. The summed E-state index contributed by atoms with van der Waals surface area (Å²) in [7, 11) is 0. The molecule has 0 spiro atoms. The Hall–Kier alpha value is -3.34. The number of benzene rings is 2. The molecular weight excluding hydrogens is 328 g/mol. The summed E-state index contributed by atoms with van der Waals surface area (Å²) in [6, 6.07) is 17.1. The summed E-state index contributed by atoms with van der Waals surface area (Å²) in [6.45, 7) is 0.816. The number of nitrogens with zero attached hydrogens (tertiary/aromatic N) is 1. The van der Waals surface area contributed by atoms with E-state index in [1.54, 1.807) is 6.20 Å². The van der Waals surface area contributed by atoms with Crippen LogP contribution >= 0.6 is 0 Å². The van der Waals surface area contributed by atoms with Crippen molar-refractivity contribution < 1.29 is 14.3 Å². The molecule has 1 aliphatic heterocycles. The molecule has 0 saturated heterocycles. The van der Waals surface area contributed by atoms with E-state index in [2.05, 4.69) is 10.3 Å². The molecule has 0 atom stereocenters. The molecule has 2 heterocycles. The van der Waals surface area contributed by atoms with Gasteiger partial charge in [-0.15, -0.1) is 0 Å². The van der Waals surface area contributed by atoms with Gasteiger partial charge in [0.25, 0.3) is 0 Å². The summed E-state index contributed by atoms with van der Waals surface area (Å²) in [4.78, 5) is 16.3. The second kappa shape index (κ2) is 7.27. The first-order chi connectivity index (χ1) is 12.8. The zero-order valence-corrected chi connectivity index (χ0v) is 14.1. The van der Waals surface area contributed by atoms with Crippen LogP contribution in [0.4, 0.5) is 5.69 Å². The van der Waals surface area contributed by atoms with E-state index in [0.717, 1.165) is 28.2 Å². The van der Waals surface area contributed by atoms with E-state index in [4.69, 9.17) is 9.47 Å². The van der Waals surface area contributed by atoms with Gasteiger partial charge in [0.15, 0.2) is 0 Å². The second-order valence-corrected chi connectivity index (χ2v) is 5.99. The van der Waals surface area contributed by atoms with Gasteiger partial charge in [-0.2, -0.15) is 0 Å². The van der Waals surface area contributed by atoms with Crippen LogP contribution < -0.4 is 14.8 Å². The van der Waals surface area contributed by atoms with Crippen molar-refractivity contribution in [2.75, 3.05) is 11.9 Å². The van der Waals surface area contributed by atoms with Crippen LogP contribution in [-0.4, -0.2) is 17.5 Å². The van der Waals surface area contributed by atoms with Gasteiger partial charge in [-0.25, -0.2) is 0 Å². The largest absolute Gasteiger partial charge is 0.493 e. The first kappa shape index (κ1) is 16.1. The summed E-state index contributed by atoms with van der Waals surface area (Å²) in [6.07, 6.45) is 3.87. The van der Waals surface area contributed by atoms with Crippen molar-refractivity contribution in [1.29, 1.82) is 0 Å². The van der Waals surface area contributed by atoms with Gasteiger partial charge in [0.2, 0.25) is 5.91 Å². The first-order valence-corrected chi connectivity index (χ1v) is 8.47. The van der Waals surface area contributed by atoms with Crippen LogP contribution in [0.3, 0.4) is 0 Å². The highest BCUT2D eigenvalue weighted by Crippen LogP contribution is 2.38. The van der Waals surface area contributed by atoms with Gasteiger partial charge < -0.3 is 14.8 Å². The molecule has 3 aromatic rings. The maximum atomic E-state index is 12.1. The van der Waals surface area contributed by atoms with Gasteiger partial charge in [0.1, 0.15) is 18.1 Å². The molecule has 0 saturated carbocycles. The van der Waals surface area contributed by atoms with Crippen molar-refractivity contribution in [2.24, 2.45) is 0 Å². The van der Waals surface area contributed by atoms with Crippen molar-refractivity contribution in [1.82, 2.24) is 4.98 Å². The molecule has 4 rings (SSSR count). The highest BCUT2D eigenvalue weighted by molar-refractivity contribution is 5.92. The lowest BCUT2D eigenvalue weighted by molar-refractivity contribution is -0.116. The summed E-state index contributed by atoms with van der Waals surface area (Å²) in [5.41, 5.74) is 3.91. The molecule has 1 N–H and O–H groups in total. The molecule has 1 aliphatic rings. The van der Waals surface area contributed by atoms with Crippen LogP contribution in [-0.2, 0) is 11.4 Å². The summed E-state index contributed by atoms with van der Waals surface area (Å²) in [5, 5.41) is 2.89. The fraction of sp³-hybridized carbons (Fsp3) is 0.143. The van der Waals surface area contributed by atoms with Gasteiger partial charge in [-0.05, 0) is 35.9 Å². The minimum Gasteiger partial charge on any atom is -0.493 e. The Morgan fingerprint density at radius 1 is 1.12 bits per heavy atom. The molecule has 0 aliphatic carbocycles. The lowest BCUT2D eigenvalue weighted by atomic mass is 9.98. The fourth-order valence-electron chi connectivity index (χ4n) is 2.90. The molecule has 0 bridgehead atoms. The third kappa shape index (κ3) is 3.52. The Morgan fingerprint density at radius 3 is 2.88 bits per heavy atom. The summed E-state index contributed by atoms with van der Waals surface area (Å²) in [5.74, 6) is 1.43. The summed E-state index contributed by atoms with van der Waals surface area (Å²) >= 11 is 0. The van der Waals surface area contributed by atoms with E-state index in [1.807, 2.05) is 60.8 Å². The van der Waals surface area contributed by atoms with Gasteiger partial charge in [0, 0.05) is 35.3 Å². The zero-order chi connectivity index (χ0) is 17.8. The van der Waals surface area contributed by atoms with Crippen molar-refractivity contribution >= 4 is 11.6 Å². The van der Waals surface area contributed by atoms with Crippen LogP contribution in [0.25, 0.3) is 11.1 Å². The number of rotatable bonds is 5. The van der Waals surface area contributed by atoms with Gasteiger partial charge in [-0.1, -0.05) is 18.2 Å². The van der Waals surface area contributed by atoms with Crippen LogP contribution in [0, 0.1) is 0 Å². The number of carbonyl (C=O) groups excluding carboxylic acids is 1. The summed E-state index contributed by atoms with van der Waals surface area (Å²) < 4.78 is 11.3. The maximum absolute atomic E-state index is 12.1. The minimum atomic E-state index is -0.0960. The number of anilines is 1. The van der Waals surface area contributed by atoms with Crippen LogP contribution in [0.5, 0.6) is 11.5 Å². The third-order valence-corrected chi connectivity index (χ3v) is 4.18. The zero-order valence-electron chi connectivity index (χ0n) is 14.1. The number of amides is 1. The van der Waals surface area contributed by atoms with Crippen molar-refractivity contribution in [2.45, 2.75) is 13.0 Å². The normalized spacial score (nSPS) is 11.7. The Kier molecular flexibility index (Phi) is 4.51. The lowest BCUT2D eigenvalue weighted by Crippen LogP contribution is -2.15. The molecule has 26 heavy (non-hydrogen) atoms. The number of ether oxygens (including phenoxy) is 2. The number of pyridine rings is 1. The third-order valence-electron chi connectivity index (χ3n) is 4.18. The van der Waals surface area contributed by atoms with Crippen LogP contribution in [0.2, 0.25) is 0 Å². The Morgan fingerprint density at radius 2 is 2.00 bits per heavy atom. The molecule has 0 fully saturated rings. The maximum Gasteiger partial charge on any atom is 0.227 e. The average molecular weight is 346 g/mol. The lowest BCUT2D eigenvalue weighted by Gasteiger charge is -2.21. The topological polar surface area (TPSA) is 60.5 Å². The van der Waals surface area contributed by atoms with Gasteiger partial charge in [0.05, 0.1) is 13.0 Å². The number of carbonyl (C=O) groups is 1. The Labute approximate surface area is 151 Å². The van der Waals surface area contributed by atoms with E-state index in [9.17, 15) is 4.79 Å². The standard InChI is InChI=1S/C21H18N2O3/c24-21(9-11-25-17-4-2-1-3-5-17)23-16-6-7-19-18-8-10-22-13-15(18)14-26-20(19)12-16/h1-8,10,12-13H,9,11,14H2,(H,23,24). The van der Waals surface area contributed by atoms with Crippen molar-refractivity contribution in [3.8, 4) is 22.6 Å². The van der Waals surface area contributed by atoms with E-state index in [0.29, 0.717) is 18.9 Å². The Bertz CT molecular complexity index is 926. The van der Waals surface area contributed by atoms with Crippen LogP contribution in [0.1, 0.15) is 12.0 Å². The smallest absolute Gasteiger partial charge is 0.227 e. The number of nitrogens with one attached hydrogen (secondary N) is 1. The van der Waals surface area contributed by atoms with Crippen molar-refractivity contribution in [3.63, 3.8) is 0 Å². The SMILES string of the molecule is O=C(CCOc1ccccc1)Nc1ccc2c(c1)OCc1cnccc1-2. The van der Waals surface area contributed by atoms with E-state index >= 15 is 0 Å². The molecule has 5 nitrogen and oxygen atoms in total. The monoisotopic (exact) mass is 346 g/mol. The molecule has 2 aromatic carbocycles. The first-order valence-electron chi connectivity index (χ1n) is 8.47. The molecule has 5 heteroatoms. The molecule has 1 amide bonds. The Balaban J connectivity index is 1.38. The molecule has 0 radical (unpaired) electrons. The number of fused-ring (bicyclic) bond motifs is 3. The highest BCUT2D eigenvalue weighted by Gasteiger charge is 2.17. The predicted molar refractivity (Wildman–Crippen MR) is 99.2 cm³/mol. The van der Waals surface area contributed by atoms with Crippen LogP contribution in [0.15, 0.2) is 67.0 Å². The highest BCUT2D eigenvalue weighted by atomic mass is 16.5. The number of aromatic nitrogens is 1. The minimum absolute atomic E-state index is 0.0960. The molecular formula is C21H18N2O3. The number of hydrogen-bond acceptors (Lipinski definition) is 4. The van der Waals surface area contributed by atoms with E-state index in [1.165, 1.54) is 0 Å². The average Bonchev–Trinajstić information content (AvgIpc) is 2.68.